The zero-order valence-electron chi connectivity index (χ0n) is 12.0. The van der Waals surface area contributed by atoms with Gasteiger partial charge in [-0.2, -0.15) is 0 Å². The van der Waals surface area contributed by atoms with Crippen LogP contribution in [0.4, 0.5) is 0 Å². The van der Waals surface area contributed by atoms with Gasteiger partial charge in [-0.05, 0) is 42.5 Å². The number of hydrogen-bond acceptors (Lipinski definition) is 5. The molecule has 0 heterocycles. The lowest BCUT2D eigenvalue weighted by Gasteiger charge is -2.12. The van der Waals surface area contributed by atoms with Gasteiger partial charge >= 0.3 is 0 Å². The third kappa shape index (κ3) is 4.56. The molecule has 0 fully saturated rings. The first kappa shape index (κ1) is 16.0. The van der Waals surface area contributed by atoms with Gasteiger partial charge in [-0.3, -0.25) is 0 Å². The van der Waals surface area contributed by atoms with Crippen LogP contribution in [0.15, 0.2) is 47.6 Å². The summed E-state index contributed by atoms with van der Waals surface area (Å²) in [6.45, 7) is 0.724. The zero-order valence-corrected chi connectivity index (χ0v) is 12.8. The predicted molar refractivity (Wildman–Crippen MR) is 84.8 cm³/mol. The average molecular weight is 322 g/mol. The van der Waals surface area contributed by atoms with Crippen LogP contribution in [0, 0.1) is 0 Å². The Hall–Kier alpha value is -2.40. The van der Waals surface area contributed by atoms with Crippen LogP contribution < -0.4 is 14.2 Å². The molecular weight excluding hydrogens is 306 g/mol. The highest BCUT2D eigenvalue weighted by Gasteiger charge is 2.05. The van der Waals surface area contributed by atoms with Gasteiger partial charge in [0, 0.05) is 10.6 Å². The normalized spacial score (nSPS) is 10.6. The molecule has 0 aliphatic carbocycles. The molecule has 0 amide bonds. The summed E-state index contributed by atoms with van der Waals surface area (Å²) in [5, 5.41) is 12.2. The van der Waals surface area contributed by atoms with Crippen LogP contribution in [0.5, 0.6) is 17.2 Å². The highest BCUT2D eigenvalue weighted by atomic mass is 35.5. The van der Waals surface area contributed by atoms with Gasteiger partial charge in [0.15, 0.2) is 11.5 Å². The molecule has 0 aliphatic heterocycles. The second-order valence-corrected chi connectivity index (χ2v) is 4.74. The van der Waals surface area contributed by atoms with Crippen molar-refractivity contribution in [2.75, 3.05) is 20.3 Å². The van der Waals surface area contributed by atoms with Crippen molar-refractivity contribution < 1.29 is 19.4 Å². The zero-order chi connectivity index (χ0) is 15.8. The first-order chi connectivity index (χ1) is 10.7. The third-order valence-corrected chi connectivity index (χ3v) is 3.07. The van der Waals surface area contributed by atoms with Crippen molar-refractivity contribution in [1.29, 1.82) is 0 Å². The SMILES string of the molecule is COc1ccc(/C=N/O)cc1OCCOc1ccc(Cl)cc1. The molecule has 0 saturated carbocycles. The maximum atomic E-state index is 8.56. The lowest BCUT2D eigenvalue weighted by atomic mass is 10.2. The fraction of sp³-hybridized carbons (Fsp3) is 0.188. The lowest BCUT2D eigenvalue weighted by Crippen LogP contribution is -2.09. The largest absolute Gasteiger partial charge is 0.493 e. The summed E-state index contributed by atoms with van der Waals surface area (Å²) in [5.41, 5.74) is 0.705. The minimum atomic E-state index is 0.346. The maximum Gasteiger partial charge on any atom is 0.161 e. The van der Waals surface area contributed by atoms with Gasteiger partial charge in [0.05, 0.1) is 13.3 Å². The molecule has 1 N–H and O–H groups in total. The third-order valence-electron chi connectivity index (χ3n) is 2.82. The second-order valence-electron chi connectivity index (χ2n) is 4.31. The number of methoxy groups -OCH3 is 1. The Morgan fingerprint density at radius 3 is 2.45 bits per heavy atom. The molecule has 2 rings (SSSR count). The highest BCUT2D eigenvalue weighted by Crippen LogP contribution is 2.27. The van der Waals surface area contributed by atoms with Crippen molar-refractivity contribution in [3.63, 3.8) is 0 Å². The van der Waals surface area contributed by atoms with Gasteiger partial charge < -0.3 is 19.4 Å². The number of oxime groups is 1. The second kappa shape index (κ2) is 8.14. The maximum absolute atomic E-state index is 8.56. The summed E-state index contributed by atoms with van der Waals surface area (Å²) < 4.78 is 16.4. The van der Waals surface area contributed by atoms with Gasteiger partial charge in [0.2, 0.25) is 0 Å². The van der Waals surface area contributed by atoms with Crippen LogP contribution in [0.3, 0.4) is 0 Å². The Labute approximate surface area is 133 Å². The molecule has 2 aromatic rings. The molecular formula is C16H16ClNO4. The summed E-state index contributed by atoms with van der Waals surface area (Å²) in [4.78, 5) is 0. The van der Waals surface area contributed by atoms with Crippen LogP contribution in [0.25, 0.3) is 0 Å². The Morgan fingerprint density at radius 2 is 1.77 bits per heavy atom. The van der Waals surface area contributed by atoms with Gasteiger partial charge in [0.1, 0.15) is 19.0 Å². The molecule has 0 radical (unpaired) electrons. The van der Waals surface area contributed by atoms with E-state index in [1.807, 2.05) is 0 Å². The van der Waals surface area contributed by atoms with E-state index in [2.05, 4.69) is 5.16 Å². The molecule has 0 aliphatic rings. The number of rotatable bonds is 7. The van der Waals surface area contributed by atoms with E-state index in [-0.39, 0.29) is 0 Å². The molecule has 2 aromatic carbocycles. The minimum Gasteiger partial charge on any atom is -0.493 e. The number of ether oxygens (including phenoxy) is 3. The number of halogens is 1. The Kier molecular flexibility index (Phi) is 5.91. The summed E-state index contributed by atoms with van der Waals surface area (Å²) in [6, 6.07) is 12.3. The molecule has 6 heteroatoms. The summed E-state index contributed by atoms with van der Waals surface area (Å²) in [5.74, 6) is 1.88. The Balaban J connectivity index is 1.90. The highest BCUT2D eigenvalue weighted by molar-refractivity contribution is 6.30. The Bertz CT molecular complexity index is 629. The molecule has 0 atom stereocenters. The van der Waals surface area contributed by atoms with Crippen molar-refractivity contribution >= 4 is 17.8 Å². The molecule has 0 bridgehead atoms. The number of nitrogens with zero attached hydrogens (tertiary/aromatic N) is 1. The van der Waals surface area contributed by atoms with E-state index in [9.17, 15) is 0 Å². The molecule has 5 nitrogen and oxygen atoms in total. The fourth-order valence-electron chi connectivity index (χ4n) is 1.80. The smallest absolute Gasteiger partial charge is 0.161 e. The van der Waals surface area contributed by atoms with E-state index in [4.69, 9.17) is 31.0 Å². The van der Waals surface area contributed by atoms with Crippen molar-refractivity contribution in [1.82, 2.24) is 0 Å². The lowest BCUT2D eigenvalue weighted by molar-refractivity contribution is 0.211. The molecule has 0 spiro atoms. The van der Waals surface area contributed by atoms with Crippen molar-refractivity contribution in [2.24, 2.45) is 5.16 Å². The molecule has 0 aromatic heterocycles. The molecule has 0 unspecified atom stereocenters. The van der Waals surface area contributed by atoms with Crippen LogP contribution >= 0.6 is 11.6 Å². The van der Waals surface area contributed by atoms with E-state index in [1.54, 1.807) is 49.6 Å². The summed E-state index contributed by atoms with van der Waals surface area (Å²) >= 11 is 5.80. The standard InChI is InChI=1S/C16H16ClNO4/c1-20-15-7-2-12(11-18-19)10-16(15)22-9-8-21-14-5-3-13(17)4-6-14/h2-7,10-11,19H,8-9H2,1H3/b18-11+. The topological polar surface area (TPSA) is 60.3 Å². The van der Waals surface area contributed by atoms with Crippen molar-refractivity contribution in [2.45, 2.75) is 0 Å². The van der Waals surface area contributed by atoms with E-state index in [0.717, 1.165) is 5.75 Å². The Morgan fingerprint density at radius 1 is 1.05 bits per heavy atom. The minimum absolute atomic E-state index is 0.346. The summed E-state index contributed by atoms with van der Waals surface area (Å²) in [7, 11) is 1.56. The van der Waals surface area contributed by atoms with Crippen LogP contribution in [0.1, 0.15) is 5.56 Å². The van der Waals surface area contributed by atoms with Crippen LogP contribution in [-0.4, -0.2) is 31.7 Å². The van der Waals surface area contributed by atoms with E-state index < -0.39 is 0 Å². The van der Waals surface area contributed by atoms with Crippen molar-refractivity contribution in [3.8, 4) is 17.2 Å². The average Bonchev–Trinajstić information content (AvgIpc) is 2.54. The number of hydrogen-bond donors (Lipinski definition) is 1. The summed E-state index contributed by atoms with van der Waals surface area (Å²) in [6.07, 6.45) is 1.32. The van der Waals surface area contributed by atoms with Gasteiger partial charge in [-0.15, -0.1) is 0 Å². The van der Waals surface area contributed by atoms with Gasteiger partial charge in [0.25, 0.3) is 0 Å². The fourth-order valence-corrected chi connectivity index (χ4v) is 1.92. The van der Waals surface area contributed by atoms with Crippen molar-refractivity contribution in [3.05, 3.63) is 53.1 Å². The van der Waals surface area contributed by atoms with Crippen LogP contribution in [-0.2, 0) is 0 Å². The van der Waals surface area contributed by atoms with Crippen LogP contribution in [0.2, 0.25) is 5.02 Å². The van der Waals surface area contributed by atoms with Gasteiger partial charge in [-0.25, -0.2) is 0 Å². The first-order valence-corrected chi connectivity index (χ1v) is 6.97. The van der Waals surface area contributed by atoms with E-state index in [1.165, 1.54) is 6.21 Å². The monoisotopic (exact) mass is 321 g/mol. The molecule has 116 valence electrons. The quantitative estimate of drug-likeness (QED) is 0.366. The van der Waals surface area contributed by atoms with Gasteiger partial charge in [-0.1, -0.05) is 16.8 Å². The predicted octanol–water partition coefficient (Wildman–Crippen LogP) is 3.61. The van der Waals surface area contributed by atoms with E-state index in [0.29, 0.717) is 35.3 Å². The molecule has 0 saturated heterocycles. The van der Waals surface area contributed by atoms with E-state index >= 15 is 0 Å². The molecule has 22 heavy (non-hydrogen) atoms. The number of benzene rings is 2. The first-order valence-electron chi connectivity index (χ1n) is 6.59.